The highest BCUT2D eigenvalue weighted by Crippen LogP contribution is 2.38. The van der Waals surface area contributed by atoms with E-state index in [0.29, 0.717) is 17.4 Å². The summed E-state index contributed by atoms with van der Waals surface area (Å²) in [5.74, 6) is 0. The molecule has 0 aromatic heterocycles. The largest absolute Gasteiger partial charge is 0.389 e. The van der Waals surface area contributed by atoms with Gasteiger partial charge in [0.15, 0.2) is 0 Å². The number of aliphatic hydroxyl groups is 1. The summed E-state index contributed by atoms with van der Waals surface area (Å²) >= 11 is 0. The van der Waals surface area contributed by atoms with Crippen LogP contribution in [0.2, 0.25) is 0 Å². The van der Waals surface area contributed by atoms with E-state index in [1.165, 1.54) is 0 Å². The zero-order valence-corrected chi connectivity index (χ0v) is 17.8. The van der Waals surface area contributed by atoms with Crippen LogP contribution in [0, 0.1) is 0 Å². The minimum absolute atomic E-state index is 0.0682. The van der Waals surface area contributed by atoms with Gasteiger partial charge in [-0.1, -0.05) is 60.7 Å². The first-order valence-electron chi connectivity index (χ1n) is 9.69. The van der Waals surface area contributed by atoms with Gasteiger partial charge in [0.1, 0.15) is 17.6 Å². The third-order valence-electron chi connectivity index (χ3n) is 5.03. The van der Waals surface area contributed by atoms with Gasteiger partial charge in [0.25, 0.3) is 0 Å². The molecule has 1 unspecified atom stereocenters. The highest BCUT2D eigenvalue weighted by atomic mass is 32.2. The van der Waals surface area contributed by atoms with E-state index in [2.05, 4.69) is 4.90 Å². The van der Waals surface area contributed by atoms with Gasteiger partial charge in [-0.2, -0.15) is 13.1 Å². The Hall–Kier alpha value is -1.67. The molecule has 1 heterocycles. The zero-order chi connectivity index (χ0) is 21.2. The van der Waals surface area contributed by atoms with Gasteiger partial charge in [-0.25, -0.2) is 4.21 Å². The van der Waals surface area contributed by atoms with Crippen LogP contribution in [0.5, 0.6) is 0 Å². The van der Waals surface area contributed by atoms with Crippen molar-refractivity contribution < 1.29 is 18.1 Å². The lowest BCUT2D eigenvalue weighted by Gasteiger charge is -2.50. The lowest BCUT2D eigenvalue weighted by molar-refractivity contribution is -0.164. The number of benzene rings is 2. The summed E-state index contributed by atoms with van der Waals surface area (Å²) in [6.45, 7) is 4.31. The molecule has 0 spiro atoms. The lowest BCUT2D eigenvalue weighted by Crippen LogP contribution is -2.66. The van der Waals surface area contributed by atoms with Crippen LogP contribution in [0.1, 0.15) is 37.9 Å². The van der Waals surface area contributed by atoms with E-state index in [0.717, 1.165) is 11.1 Å². The molecule has 0 aliphatic carbocycles. The first-order valence-corrected chi connectivity index (χ1v) is 10.8. The molecule has 7 heteroatoms. The standard InChI is InChI=1S/C22H28F2N2O2S/c1-21(2,3)29(28)26(22(23,24)16-27)19-14-25(15-19)20(17-10-6-4-7-11-17)18-12-8-5-9-13-18/h4-13,19-20,27H,14-16H2,1-3H3. The number of rotatable bonds is 7. The van der Waals surface area contributed by atoms with Crippen LogP contribution in [0.4, 0.5) is 8.78 Å². The van der Waals surface area contributed by atoms with E-state index < -0.39 is 34.4 Å². The fourth-order valence-corrected chi connectivity index (χ4v) is 4.91. The number of likely N-dealkylation sites (tertiary alicyclic amines) is 1. The van der Waals surface area contributed by atoms with Crippen LogP contribution < -0.4 is 0 Å². The summed E-state index contributed by atoms with van der Waals surface area (Å²) in [5.41, 5.74) is 2.16. The highest BCUT2D eigenvalue weighted by molar-refractivity contribution is 7.84. The summed E-state index contributed by atoms with van der Waals surface area (Å²) in [6, 6.07) is 15.6. The van der Waals surface area contributed by atoms with Gasteiger partial charge >= 0.3 is 6.05 Å². The van der Waals surface area contributed by atoms with Crippen LogP contribution in [-0.4, -0.2) is 55.1 Å². The topological polar surface area (TPSA) is 43.8 Å². The number of nitrogens with zero attached hydrogens (tertiary/aromatic N) is 2. The Morgan fingerprint density at radius 3 is 1.86 bits per heavy atom. The molecular formula is C22H28F2N2O2S. The molecule has 0 radical (unpaired) electrons. The van der Waals surface area contributed by atoms with Gasteiger partial charge in [0.2, 0.25) is 0 Å². The lowest BCUT2D eigenvalue weighted by atomic mass is 9.93. The summed E-state index contributed by atoms with van der Waals surface area (Å²) in [5, 5.41) is 9.24. The smallest absolute Gasteiger partial charge is 0.338 e. The van der Waals surface area contributed by atoms with Crippen LogP contribution in [0.3, 0.4) is 0 Å². The van der Waals surface area contributed by atoms with Crippen LogP contribution >= 0.6 is 0 Å². The van der Waals surface area contributed by atoms with Gasteiger partial charge in [-0.05, 0) is 31.9 Å². The molecule has 4 nitrogen and oxygen atoms in total. The first kappa shape index (κ1) is 22.0. The van der Waals surface area contributed by atoms with Crippen LogP contribution in [0.15, 0.2) is 60.7 Å². The molecule has 158 valence electrons. The molecule has 0 amide bonds. The Balaban J connectivity index is 1.86. The van der Waals surface area contributed by atoms with Crippen molar-refractivity contribution in [2.75, 3.05) is 19.7 Å². The fourth-order valence-electron chi connectivity index (χ4n) is 3.62. The minimum atomic E-state index is -3.54. The average Bonchev–Trinajstić information content (AvgIpc) is 2.66. The quantitative estimate of drug-likeness (QED) is 0.690. The molecule has 1 saturated heterocycles. The van der Waals surface area contributed by atoms with Crippen molar-refractivity contribution in [3.8, 4) is 0 Å². The Bertz CT molecular complexity index is 782. The molecule has 3 rings (SSSR count). The molecule has 1 atom stereocenters. The molecule has 1 N–H and O–H groups in total. The van der Waals surface area contributed by atoms with Gasteiger partial charge < -0.3 is 5.11 Å². The molecule has 1 fully saturated rings. The SMILES string of the molecule is CC(C)(C)S(=O)N(C1CN(C(c2ccccc2)c2ccccc2)C1)C(F)(F)CO. The Morgan fingerprint density at radius 2 is 1.48 bits per heavy atom. The summed E-state index contributed by atoms with van der Waals surface area (Å²) < 4.78 is 41.7. The van der Waals surface area contributed by atoms with Crippen LogP contribution in [0.25, 0.3) is 0 Å². The van der Waals surface area contributed by atoms with Crippen molar-refractivity contribution in [2.24, 2.45) is 0 Å². The van der Waals surface area contributed by atoms with Crippen LogP contribution in [-0.2, 0) is 11.0 Å². The highest BCUT2D eigenvalue weighted by Gasteiger charge is 2.51. The van der Waals surface area contributed by atoms with E-state index in [4.69, 9.17) is 0 Å². The molecule has 0 saturated carbocycles. The molecule has 2 aromatic rings. The van der Waals surface area contributed by atoms with Gasteiger partial charge in [0, 0.05) is 13.1 Å². The normalized spacial score (nSPS) is 17.5. The predicted octanol–water partition coefficient (Wildman–Crippen LogP) is 3.81. The van der Waals surface area contributed by atoms with Crippen molar-refractivity contribution in [3.05, 3.63) is 71.8 Å². The van der Waals surface area contributed by atoms with Crippen molar-refractivity contribution in [2.45, 2.75) is 43.6 Å². The molecule has 0 bridgehead atoms. The van der Waals surface area contributed by atoms with Crippen molar-refractivity contribution in [3.63, 3.8) is 0 Å². The average molecular weight is 423 g/mol. The second kappa shape index (κ2) is 8.60. The summed E-state index contributed by atoms with van der Waals surface area (Å²) in [4.78, 5) is 2.11. The first-order chi connectivity index (χ1) is 13.6. The van der Waals surface area contributed by atoms with Gasteiger partial charge in [-0.15, -0.1) is 0 Å². The molecular weight excluding hydrogens is 394 g/mol. The maximum atomic E-state index is 14.5. The second-order valence-electron chi connectivity index (χ2n) is 8.34. The number of aliphatic hydroxyl groups excluding tert-OH is 1. The summed E-state index contributed by atoms with van der Waals surface area (Å²) in [6.07, 6.45) is 0. The number of hydrogen-bond acceptors (Lipinski definition) is 3. The molecule has 2 aromatic carbocycles. The van der Waals surface area contributed by atoms with Crippen molar-refractivity contribution in [1.29, 1.82) is 0 Å². The Labute approximate surface area is 173 Å². The van der Waals surface area contributed by atoms with E-state index in [9.17, 15) is 18.1 Å². The number of alkyl halides is 2. The summed E-state index contributed by atoms with van der Waals surface area (Å²) in [7, 11) is -1.94. The van der Waals surface area contributed by atoms with Crippen molar-refractivity contribution >= 4 is 11.0 Å². The molecule has 29 heavy (non-hydrogen) atoms. The van der Waals surface area contributed by atoms with Gasteiger partial charge in [-0.3, -0.25) is 4.90 Å². The van der Waals surface area contributed by atoms with E-state index in [1.54, 1.807) is 20.8 Å². The number of hydrogen-bond donors (Lipinski definition) is 1. The van der Waals surface area contributed by atoms with Gasteiger partial charge in [0.05, 0.1) is 16.8 Å². The van der Waals surface area contributed by atoms with Crippen molar-refractivity contribution in [1.82, 2.24) is 9.21 Å². The minimum Gasteiger partial charge on any atom is -0.389 e. The maximum absolute atomic E-state index is 14.5. The molecule has 1 aliphatic rings. The number of halogens is 2. The Kier molecular flexibility index (Phi) is 6.53. The van der Waals surface area contributed by atoms with E-state index >= 15 is 0 Å². The second-order valence-corrected chi connectivity index (χ2v) is 10.5. The Morgan fingerprint density at radius 1 is 1.03 bits per heavy atom. The fraction of sp³-hybridized carbons (Fsp3) is 0.455. The zero-order valence-electron chi connectivity index (χ0n) is 17.0. The third-order valence-corrected chi connectivity index (χ3v) is 7.00. The monoisotopic (exact) mass is 422 g/mol. The maximum Gasteiger partial charge on any atom is 0.338 e. The molecule has 1 aliphatic heterocycles. The predicted molar refractivity (Wildman–Crippen MR) is 112 cm³/mol. The third kappa shape index (κ3) is 4.74. The van der Waals surface area contributed by atoms with E-state index in [-0.39, 0.29) is 6.04 Å². The van der Waals surface area contributed by atoms with E-state index in [1.807, 2.05) is 60.7 Å².